The van der Waals surface area contributed by atoms with E-state index in [1.165, 1.54) is 12.1 Å². The van der Waals surface area contributed by atoms with Gasteiger partial charge in [-0.3, -0.25) is 9.52 Å². The summed E-state index contributed by atoms with van der Waals surface area (Å²) in [6.07, 6.45) is 1.95. The van der Waals surface area contributed by atoms with Crippen LogP contribution in [0.4, 0.5) is 23.2 Å². The fourth-order valence-electron chi connectivity index (χ4n) is 6.10. The molecule has 0 amide bonds. The maximum atomic E-state index is 13.7. The summed E-state index contributed by atoms with van der Waals surface area (Å²) >= 11 is 1.03. The van der Waals surface area contributed by atoms with Gasteiger partial charge in [-0.2, -0.15) is 13.2 Å². The number of carbonyl (C=O) groups is 1. The smallest absolute Gasteiger partial charge is 0.347 e. The van der Waals surface area contributed by atoms with E-state index in [0.29, 0.717) is 32.8 Å². The van der Waals surface area contributed by atoms with Crippen LogP contribution in [0.3, 0.4) is 0 Å². The zero-order valence-electron chi connectivity index (χ0n) is 28.9. The highest BCUT2D eigenvalue weighted by molar-refractivity contribution is 7.98. The molecule has 0 saturated heterocycles. The van der Waals surface area contributed by atoms with Crippen molar-refractivity contribution in [2.24, 2.45) is 7.05 Å². The molecule has 0 bridgehead atoms. The largest absolute Gasteiger partial charge is 0.501 e. The topological polar surface area (TPSA) is 97.3 Å². The quantitative estimate of drug-likeness (QED) is 0.0636. The molecular formula is C40H33F4N3O4S3. The molecule has 1 aliphatic carbocycles. The summed E-state index contributed by atoms with van der Waals surface area (Å²) in [6.45, 7) is 1.85. The normalized spacial score (nSPS) is 16.5. The average molecular weight is 792 g/mol. The molecular weight excluding hydrogens is 759 g/mol. The van der Waals surface area contributed by atoms with E-state index in [0.717, 1.165) is 46.8 Å². The third-order valence-electron chi connectivity index (χ3n) is 8.96. The first-order valence-electron chi connectivity index (χ1n) is 16.6. The highest BCUT2D eigenvalue weighted by Gasteiger charge is 2.51. The van der Waals surface area contributed by atoms with Gasteiger partial charge in [0.05, 0.1) is 21.9 Å². The molecule has 0 aliphatic heterocycles. The first kappa shape index (κ1) is 38.8. The average Bonchev–Trinajstić information content (AvgIpc) is 3.42. The van der Waals surface area contributed by atoms with Crippen LogP contribution in [-0.4, -0.2) is 40.3 Å². The molecule has 1 heterocycles. The van der Waals surface area contributed by atoms with Gasteiger partial charge in [-0.25, -0.2) is 17.0 Å². The van der Waals surface area contributed by atoms with Gasteiger partial charge in [0.15, 0.2) is 6.29 Å². The van der Waals surface area contributed by atoms with E-state index in [1.807, 2.05) is 42.8 Å². The summed E-state index contributed by atoms with van der Waals surface area (Å²) in [4.78, 5) is 12.1. The Morgan fingerprint density at radius 1 is 0.889 bits per heavy atom. The van der Waals surface area contributed by atoms with Gasteiger partial charge < -0.3 is 9.29 Å². The fraction of sp³-hybridized carbons (Fsp3) is 0.175. The lowest BCUT2D eigenvalue weighted by Crippen LogP contribution is -2.40. The summed E-state index contributed by atoms with van der Waals surface area (Å²) in [7, 11) is -5.79. The second-order valence-electron chi connectivity index (χ2n) is 12.4. The van der Waals surface area contributed by atoms with Gasteiger partial charge in [-0.05, 0) is 116 Å². The van der Waals surface area contributed by atoms with Crippen LogP contribution in [0.25, 0.3) is 22.4 Å². The number of aldehydes is 1. The molecule has 0 saturated carbocycles. The summed E-state index contributed by atoms with van der Waals surface area (Å²) < 4.78 is 101. The first-order chi connectivity index (χ1) is 25.8. The Balaban J connectivity index is 1.18. The Morgan fingerprint density at radius 3 is 2.24 bits per heavy atom. The number of nitrogens with zero attached hydrogens (tertiary/aromatic N) is 1. The molecule has 0 fully saturated rings. The van der Waals surface area contributed by atoms with E-state index in [4.69, 9.17) is 0 Å². The zero-order chi connectivity index (χ0) is 38.6. The molecule has 4 aromatic carbocycles. The maximum absolute atomic E-state index is 13.7. The maximum Gasteiger partial charge on any atom is 0.501 e. The third-order valence-corrected chi connectivity index (χ3v) is 12.9. The Kier molecular flexibility index (Phi) is 11.6. The Morgan fingerprint density at radius 2 is 1.57 bits per heavy atom. The van der Waals surface area contributed by atoms with Crippen LogP contribution in [0.1, 0.15) is 40.0 Å². The lowest BCUT2D eigenvalue weighted by atomic mass is 9.96. The molecule has 5 aromatic rings. The molecule has 278 valence electrons. The molecule has 14 heteroatoms. The number of hydrogen-bond acceptors (Lipinski definition) is 6. The van der Waals surface area contributed by atoms with Gasteiger partial charge in [0.1, 0.15) is 16.8 Å². The van der Waals surface area contributed by atoms with Crippen molar-refractivity contribution < 1.29 is 35.0 Å². The first-order valence-corrected chi connectivity index (χ1v) is 20.1. The molecule has 54 heavy (non-hydrogen) atoms. The lowest BCUT2D eigenvalue weighted by Gasteiger charge is -2.29. The number of benzene rings is 4. The molecule has 1 aromatic heterocycles. The highest BCUT2D eigenvalue weighted by Crippen LogP contribution is 2.39. The SMILES string of the molecule is Cc1c(C=O)c(-c2cccc(C#Cc3ccc(NS(=O)C4C=C(S(=O)(=O)C(F)(F)F)C(NSc5ccccc5)CC4)cc3)c2)c(-c2ccc(F)cc2)n1C. The predicted octanol–water partition coefficient (Wildman–Crippen LogP) is 8.74. The fourth-order valence-corrected chi connectivity index (χ4v) is 9.38. The minimum Gasteiger partial charge on any atom is -0.347 e. The van der Waals surface area contributed by atoms with Gasteiger partial charge in [0.2, 0.25) is 0 Å². The highest BCUT2D eigenvalue weighted by atomic mass is 32.2. The number of rotatable bonds is 10. The Labute approximate surface area is 317 Å². The number of nitrogens with one attached hydrogen (secondary N) is 2. The van der Waals surface area contributed by atoms with Crippen LogP contribution in [0.5, 0.6) is 0 Å². The summed E-state index contributed by atoms with van der Waals surface area (Å²) in [5.41, 5.74) is 0.435. The van der Waals surface area contributed by atoms with E-state index < -0.39 is 42.5 Å². The minimum atomic E-state index is -5.69. The van der Waals surface area contributed by atoms with Gasteiger partial charge in [0, 0.05) is 45.6 Å². The van der Waals surface area contributed by atoms with Crippen LogP contribution < -0.4 is 9.44 Å². The van der Waals surface area contributed by atoms with E-state index in [1.54, 1.807) is 66.7 Å². The molecule has 1 aliphatic rings. The molecule has 3 atom stereocenters. The van der Waals surface area contributed by atoms with E-state index >= 15 is 0 Å². The molecule has 6 rings (SSSR count). The van der Waals surface area contributed by atoms with Crippen LogP contribution in [-0.2, 0) is 27.9 Å². The summed E-state index contributed by atoms with van der Waals surface area (Å²) in [5.74, 6) is 5.84. The van der Waals surface area contributed by atoms with Crippen LogP contribution in [0.15, 0.2) is 119 Å². The van der Waals surface area contributed by atoms with Crippen molar-refractivity contribution in [3.63, 3.8) is 0 Å². The van der Waals surface area contributed by atoms with Crippen molar-refractivity contribution in [3.8, 4) is 34.2 Å². The molecule has 0 spiro atoms. The van der Waals surface area contributed by atoms with Gasteiger partial charge in [-0.1, -0.05) is 48.2 Å². The number of carbonyl (C=O) groups excluding carboxylic acids is 1. The number of sulfone groups is 1. The number of aromatic nitrogens is 1. The Hall–Kier alpha value is -4.94. The molecule has 3 unspecified atom stereocenters. The number of halogens is 4. The molecule has 0 radical (unpaired) electrons. The van der Waals surface area contributed by atoms with E-state index in [-0.39, 0.29) is 18.7 Å². The lowest BCUT2D eigenvalue weighted by molar-refractivity contribution is -0.0428. The van der Waals surface area contributed by atoms with Crippen molar-refractivity contribution in [2.45, 2.75) is 41.5 Å². The summed E-state index contributed by atoms with van der Waals surface area (Å²) in [6, 6.07) is 27.7. The van der Waals surface area contributed by atoms with E-state index in [9.17, 15) is 35.0 Å². The van der Waals surface area contributed by atoms with Crippen molar-refractivity contribution >= 4 is 44.7 Å². The van der Waals surface area contributed by atoms with E-state index in [2.05, 4.69) is 21.3 Å². The zero-order valence-corrected chi connectivity index (χ0v) is 31.3. The van der Waals surface area contributed by atoms with Gasteiger partial charge >= 0.3 is 5.51 Å². The van der Waals surface area contributed by atoms with Crippen LogP contribution in [0.2, 0.25) is 0 Å². The monoisotopic (exact) mass is 791 g/mol. The van der Waals surface area contributed by atoms with Crippen LogP contribution >= 0.6 is 11.9 Å². The number of anilines is 1. The minimum absolute atomic E-state index is 0.0165. The van der Waals surface area contributed by atoms with Crippen molar-refractivity contribution in [2.75, 3.05) is 4.72 Å². The number of alkyl halides is 3. The third kappa shape index (κ3) is 8.39. The second-order valence-corrected chi connectivity index (χ2v) is 16.7. The van der Waals surface area contributed by atoms with Gasteiger partial charge in [0.25, 0.3) is 9.84 Å². The van der Waals surface area contributed by atoms with Crippen molar-refractivity contribution in [1.29, 1.82) is 0 Å². The Bertz CT molecular complexity index is 2400. The van der Waals surface area contributed by atoms with Crippen molar-refractivity contribution in [1.82, 2.24) is 9.29 Å². The summed E-state index contributed by atoms with van der Waals surface area (Å²) in [5, 5.41) is -1.000. The molecule has 7 nitrogen and oxygen atoms in total. The predicted molar refractivity (Wildman–Crippen MR) is 206 cm³/mol. The molecule has 2 N–H and O–H groups in total. The van der Waals surface area contributed by atoms with Crippen molar-refractivity contribution in [3.05, 3.63) is 142 Å². The second kappa shape index (κ2) is 16.2. The van der Waals surface area contributed by atoms with Gasteiger partial charge in [-0.15, -0.1) is 0 Å². The number of hydrogen-bond donors (Lipinski definition) is 2. The van der Waals surface area contributed by atoms with Crippen LogP contribution in [0, 0.1) is 24.6 Å². The standard InChI is InChI=1S/C40H33F4N3O4S3/c1-26-35(25-48)38(39(47(26)2)29-15-17-31(41)18-16-29)30-8-6-7-28(23-30)12-11-27-13-19-32(20-14-27)46-53(49)34-21-22-36(45-52-33-9-4-3-5-10-33)37(24-34)54(50,51)40(42,43)44/h3-10,13-20,23-25,34,36,45-46H,21-22H2,1-2H3.